The van der Waals surface area contributed by atoms with Crippen LogP contribution in [0.1, 0.15) is 6.42 Å². The Kier molecular flexibility index (Phi) is 3.58. The summed E-state index contributed by atoms with van der Waals surface area (Å²) < 4.78 is 5.26. The van der Waals surface area contributed by atoms with Crippen LogP contribution in [0.4, 0.5) is 5.69 Å². The molecule has 2 heterocycles. The number of benzene rings is 2. The van der Waals surface area contributed by atoms with Crippen LogP contribution < -0.4 is 15.1 Å². The van der Waals surface area contributed by atoms with Crippen LogP contribution in [-0.4, -0.2) is 18.6 Å². The number of pyridine rings is 1. The fourth-order valence-corrected chi connectivity index (χ4v) is 3.06. The molecule has 120 valence electrons. The maximum Gasteiger partial charge on any atom is 0.190 e. The van der Waals surface area contributed by atoms with Gasteiger partial charge in [-0.2, -0.15) is 0 Å². The van der Waals surface area contributed by atoms with Crippen LogP contribution in [0.15, 0.2) is 65.6 Å². The van der Waals surface area contributed by atoms with E-state index >= 15 is 0 Å². The standard InChI is InChI=1S/C20H18N2O2/c1-24-16-6-4-5-14(11-16)19-13-20(23)17-12-15(7-8-18(17)21-19)22-9-2-3-10-22/h2,4-9,11-13H,3,10H2,1H3,(H,21,23). The Morgan fingerprint density at radius 2 is 2.04 bits per heavy atom. The third-order valence-corrected chi connectivity index (χ3v) is 4.35. The molecule has 0 fully saturated rings. The molecule has 1 aliphatic rings. The summed E-state index contributed by atoms with van der Waals surface area (Å²) in [5.74, 6) is 0.768. The van der Waals surface area contributed by atoms with E-state index in [0.29, 0.717) is 5.39 Å². The molecule has 0 bridgehead atoms. The SMILES string of the molecule is COc1cccc(-c2cc(=O)c3cc(N4C=CCC4)ccc3[nH]2)c1. The average molecular weight is 318 g/mol. The largest absolute Gasteiger partial charge is 0.497 e. The Bertz CT molecular complexity index is 988. The van der Waals surface area contributed by atoms with Crippen LogP contribution in [0.5, 0.6) is 5.75 Å². The summed E-state index contributed by atoms with van der Waals surface area (Å²) in [5.41, 5.74) is 3.63. The third kappa shape index (κ3) is 2.56. The Morgan fingerprint density at radius 1 is 1.12 bits per heavy atom. The summed E-state index contributed by atoms with van der Waals surface area (Å²) in [7, 11) is 1.64. The van der Waals surface area contributed by atoms with Gasteiger partial charge in [0.2, 0.25) is 0 Å². The van der Waals surface area contributed by atoms with Crippen molar-refractivity contribution in [2.45, 2.75) is 6.42 Å². The number of fused-ring (bicyclic) bond motifs is 1. The van der Waals surface area contributed by atoms with Crippen molar-refractivity contribution in [3.63, 3.8) is 0 Å². The van der Waals surface area contributed by atoms with Crippen molar-refractivity contribution < 1.29 is 4.74 Å². The second-order valence-corrected chi connectivity index (χ2v) is 5.88. The van der Waals surface area contributed by atoms with Gasteiger partial charge in [-0.1, -0.05) is 18.2 Å². The summed E-state index contributed by atoms with van der Waals surface area (Å²) in [6, 6.07) is 15.3. The van der Waals surface area contributed by atoms with Gasteiger partial charge in [-0.15, -0.1) is 0 Å². The number of anilines is 1. The van der Waals surface area contributed by atoms with E-state index in [0.717, 1.165) is 41.2 Å². The molecule has 2 aromatic carbocycles. The monoisotopic (exact) mass is 318 g/mol. The second-order valence-electron chi connectivity index (χ2n) is 5.88. The molecule has 1 aliphatic heterocycles. The van der Waals surface area contributed by atoms with E-state index in [1.807, 2.05) is 42.5 Å². The van der Waals surface area contributed by atoms with E-state index in [9.17, 15) is 4.79 Å². The molecule has 0 saturated heterocycles. The lowest BCUT2D eigenvalue weighted by Gasteiger charge is -2.16. The molecule has 4 heteroatoms. The molecular weight excluding hydrogens is 300 g/mol. The number of rotatable bonds is 3. The number of hydrogen-bond acceptors (Lipinski definition) is 3. The highest BCUT2D eigenvalue weighted by atomic mass is 16.5. The molecule has 0 atom stereocenters. The van der Waals surface area contributed by atoms with E-state index in [1.165, 1.54) is 0 Å². The van der Waals surface area contributed by atoms with Gasteiger partial charge in [-0.25, -0.2) is 0 Å². The minimum Gasteiger partial charge on any atom is -0.497 e. The molecule has 24 heavy (non-hydrogen) atoms. The predicted molar refractivity (Wildman–Crippen MR) is 97.7 cm³/mol. The van der Waals surface area contributed by atoms with Gasteiger partial charge in [0.1, 0.15) is 5.75 Å². The Balaban J connectivity index is 1.81. The van der Waals surface area contributed by atoms with Crippen molar-refractivity contribution in [1.82, 2.24) is 4.98 Å². The second kappa shape index (κ2) is 5.89. The summed E-state index contributed by atoms with van der Waals surface area (Å²) in [6.45, 7) is 0.964. The lowest BCUT2D eigenvalue weighted by atomic mass is 10.1. The van der Waals surface area contributed by atoms with Gasteiger partial charge in [0, 0.05) is 46.7 Å². The van der Waals surface area contributed by atoms with Gasteiger partial charge in [-0.3, -0.25) is 4.79 Å². The molecule has 4 nitrogen and oxygen atoms in total. The number of nitrogens with one attached hydrogen (secondary N) is 1. The normalized spacial score (nSPS) is 13.6. The van der Waals surface area contributed by atoms with Crippen LogP contribution in [0, 0.1) is 0 Å². The first-order chi connectivity index (χ1) is 11.7. The van der Waals surface area contributed by atoms with Crippen LogP contribution in [0.2, 0.25) is 0 Å². The number of H-pyrrole nitrogens is 1. The van der Waals surface area contributed by atoms with Gasteiger partial charge < -0.3 is 14.6 Å². The third-order valence-electron chi connectivity index (χ3n) is 4.35. The number of hydrogen-bond donors (Lipinski definition) is 1. The first-order valence-electron chi connectivity index (χ1n) is 7.99. The molecule has 0 radical (unpaired) electrons. The molecule has 0 saturated carbocycles. The van der Waals surface area contributed by atoms with E-state index in [2.05, 4.69) is 22.2 Å². The molecule has 1 aromatic heterocycles. The highest BCUT2D eigenvalue weighted by molar-refractivity contribution is 5.85. The Morgan fingerprint density at radius 3 is 2.83 bits per heavy atom. The summed E-state index contributed by atoms with van der Waals surface area (Å²) >= 11 is 0. The van der Waals surface area contributed by atoms with Crippen LogP contribution in [0.3, 0.4) is 0 Å². The molecule has 3 aromatic rings. The van der Waals surface area contributed by atoms with Crippen molar-refractivity contribution in [2.75, 3.05) is 18.6 Å². The maximum absolute atomic E-state index is 12.6. The maximum atomic E-state index is 12.6. The van der Waals surface area contributed by atoms with Gasteiger partial charge >= 0.3 is 0 Å². The first-order valence-corrected chi connectivity index (χ1v) is 7.99. The van der Waals surface area contributed by atoms with Gasteiger partial charge in [0.25, 0.3) is 0 Å². The number of ether oxygens (including phenoxy) is 1. The van der Waals surface area contributed by atoms with Gasteiger partial charge in [0.05, 0.1) is 7.11 Å². The zero-order valence-corrected chi connectivity index (χ0v) is 13.5. The molecule has 0 amide bonds. The van der Waals surface area contributed by atoms with Crippen molar-refractivity contribution in [1.29, 1.82) is 0 Å². The van der Waals surface area contributed by atoms with Crippen LogP contribution in [0.25, 0.3) is 22.2 Å². The number of aromatic amines is 1. The predicted octanol–water partition coefficient (Wildman–Crippen LogP) is 3.93. The summed E-state index contributed by atoms with van der Waals surface area (Å²) in [6.07, 6.45) is 5.25. The van der Waals surface area contributed by atoms with E-state index in [1.54, 1.807) is 13.2 Å². The van der Waals surface area contributed by atoms with E-state index in [-0.39, 0.29) is 5.43 Å². The Hall–Kier alpha value is -3.01. The van der Waals surface area contributed by atoms with E-state index < -0.39 is 0 Å². The highest BCUT2D eigenvalue weighted by Gasteiger charge is 2.10. The van der Waals surface area contributed by atoms with Gasteiger partial charge in [0.15, 0.2) is 5.43 Å². The summed E-state index contributed by atoms with van der Waals surface area (Å²) in [5, 5.41) is 0.708. The zero-order valence-electron chi connectivity index (χ0n) is 13.5. The number of methoxy groups -OCH3 is 1. The lowest BCUT2D eigenvalue weighted by Crippen LogP contribution is -2.13. The minimum atomic E-state index is 0.0200. The molecule has 1 N–H and O–H groups in total. The molecule has 0 spiro atoms. The number of aromatic nitrogens is 1. The highest BCUT2D eigenvalue weighted by Crippen LogP contribution is 2.25. The first kappa shape index (κ1) is 14.6. The topological polar surface area (TPSA) is 45.3 Å². The quantitative estimate of drug-likeness (QED) is 0.796. The molecule has 0 unspecified atom stereocenters. The van der Waals surface area contributed by atoms with Gasteiger partial charge in [-0.05, 0) is 36.8 Å². The minimum absolute atomic E-state index is 0.0200. The van der Waals surface area contributed by atoms with Crippen molar-refractivity contribution in [2.24, 2.45) is 0 Å². The zero-order chi connectivity index (χ0) is 16.5. The number of nitrogens with zero attached hydrogens (tertiary/aromatic N) is 1. The fraction of sp³-hybridized carbons (Fsp3) is 0.150. The summed E-state index contributed by atoms with van der Waals surface area (Å²) in [4.78, 5) is 18.1. The van der Waals surface area contributed by atoms with Crippen molar-refractivity contribution in [3.05, 3.63) is 71.0 Å². The van der Waals surface area contributed by atoms with Crippen molar-refractivity contribution in [3.8, 4) is 17.0 Å². The van der Waals surface area contributed by atoms with Crippen LogP contribution >= 0.6 is 0 Å². The van der Waals surface area contributed by atoms with Crippen molar-refractivity contribution >= 4 is 16.6 Å². The lowest BCUT2D eigenvalue weighted by molar-refractivity contribution is 0.415. The Labute approximate surface area is 140 Å². The molecule has 0 aliphatic carbocycles. The average Bonchev–Trinajstić information content (AvgIpc) is 3.16. The molecular formula is C20H18N2O2. The van der Waals surface area contributed by atoms with E-state index in [4.69, 9.17) is 4.74 Å². The smallest absolute Gasteiger partial charge is 0.190 e. The fourth-order valence-electron chi connectivity index (χ4n) is 3.06. The van der Waals surface area contributed by atoms with Crippen LogP contribution in [-0.2, 0) is 0 Å². The molecule has 4 rings (SSSR count).